The van der Waals surface area contributed by atoms with Crippen molar-refractivity contribution in [3.8, 4) is 0 Å². The number of aryl methyl sites for hydroxylation is 1. The third kappa shape index (κ3) is 4.56. The van der Waals surface area contributed by atoms with Crippen molar-refractivity contribution in [2.75, 3.05) is 25.0 Å². The molecule has 1 aromatic rings. The van der Waals surface area contributed by atoms with Crippen molar-refractivity contribution >= 4 is 17.5 Å². The second-order valence-corrected chi connectivity index (χ2v) is 5.72. The van der Waals surface area contributed by atoms with E-state index in [1.54, 1.807) is 0 Å². The summed E-state index contributed by atoms with van der Waals surface area (Å²) < 4.78 is 0. The topological polar surface area (TPSA) is 76.6 Å². The summed E-state index contributed by atoms with van der Waals surface area (Å²) in [6, 6.07) is 7.89. The summed E-state index contributed by atoms with van der Waals surface area (Å²) in [7, 11) is 0. The third-order valence-electron chi connectivity index (χ3n) is 4.08. The average Bonchev–Trinajstić information content (AvgIpc) is 2.48. The molecule has 5 nitrogen and oxygen atoms in total. The number of nitrogens with two attached hydrogens (primary N) is 1. The van der Waals surface area contributed by atoms with Gasteiger partial charge in [-0.1, -0.05) is 19.1 Å². The quantitative estimate of drug-likeness (QED) is 0.712. The lowest BCUT2D eigenvalue weighted by atomic mass is 9.97. The van der Waals surface area contributed by atoms with Crippen molar-refractivity contribution in [2.45, 2.75) is 26.2 Å². The third-order valence-corrected chi connectivity index (χ3v) is 4.08. The van der Waals surface area contributed by atoms with E-state index in [-0.39, 0.29) is 17.7 Å². The highest BCUT2D eigenvalue weighted by Gasteiger charge is 2.28. The fourth-order valence-electron chi connectivity index (χ4n) is 2.81. The first-order valence-electron chi connectivity index (χ1n) is 7.60. The molecule has 0 saturated carbocycles. The van der Waals surface area contributed by atoms with E-state index in [1.165, 1.54) is 5.56 Å². The number of likely N-dealkylation sites (tertiary alicyclic amines) is 1. The summed E-state index contributed by atoms with van der Waals surface area (Å²) >= 11 is 0. The van der Waals surface area contributed by atoms with Crippen LogP contribution in [0.15, 0.2) is 24.3 Å². The molecule has 0 aliphatic carbocycles. The minimum absolute atomic E-state index is 0.0145. The Hall–Kier alpha value is -1.88. The van der Waals surface area contributed by atoms with Crippen molar-refractivity contribution in [3.63, 3.8) is 0 Å². The maximum atomic E-state index is 12.1. The molecule has 1 aliphatic rings. The van der Waals surface area contributed by atoms with Gasteiger partial charge in [0, 0.05) is 5.69 Å². The van der Waals surface area contributed by atoms with Gasteiger partial charge in [0.05, 0.1) is 19.0 Å². The van der Waals surface area contributed by atoms with Crippen molar-refractivity contribution in [3.05, 3.63) is 29.8 Å². The van der Waals surface area contributed by atoms with Gasteiger partial charge < -0.3 is 16.0 Å². The Labute approximate surface area is 125 Å². The van der Waals surface area contributed by atoms with Gasteiger partial charge >= 0.3 is 0 Å². The first-order valence-corrected chi connectivity index (χ1v) is 7.60. The Kier molecular flexibility index (Phi) is 5.33. The minimum Gasteiger partial charge on any atom is -0.369 e. The molecule has 2 rings (SSSR count). The lowest BCUT2D eigenvalue weighted by Crippen LogP contribution is -3.14. The van der Waals surface area contributed by atoms with Crippen LogP contribution in [0.25, 0.3) is 0 Å². The molecular weight excluding hydrogens is 266 g/mol. The van der Waals surface area contributed by atoms with Gasteiger partial charge in [-0.05, 0) is 37.0 Å². The van der Waals surface area contributed by atoms with Crippen LogP contribution in [0, 0.1) is 5.92 Å². The van der Waals surface area contributed by atoms with E-state index in [0.29, 0.717) is 13.1 Å². The van der Waals surface area contributed by atoms with Crippen LogP contribution in [0.5, 0.6) is 0 Å². The first-order chi connectivity index (χ1) is 10.1. The second kappa shape index (κ2) is 7.22. The van der Waals surface area contributed by atoms with Crippen LogP contribution < -0.4 is 16.0 Å². The first kappa shape index (κ1) is 15.5. The monoisotopic (exact) mass is 290 g/mol. The predicted octanol–water partition coefficient (Wildman–Crippen LogP) is -0.0323. The number of rotatable bonds is 5. The summed E-state index contributed by atoms with van der Waals surface area (Å²) in [6.07, 6.45) is 2.78. The molecule has 2 amide bonds. The zero-order valence-corrected chi connectivity index (χ0v) is 12.5. The number of quaternary nitrogens is 1. The van der Waals surface area contributed by atoms with Crippen molar-refractivity contribution in [1.82, 2.24) is 0 Å². The minimum atomic E-state index is -0.247. The van der Waals surface area contributed by atoms with Gasteiger partial charge in [-0.25, -0.2) is 0 Å². The molecule has 1 unspecified atom stereocenters. The predicted molar refractivity (Wildman–Crippen MR) is 81.9 cm³/mol. The summed E-state index contributed by atoms with van der Waals surface area (Å²) in [4.78, 5) is 24.4. The van der Waals surface area contributed by atoms with Crippen LogP contribution in [0.2, 0.25) is 0 Å². The van der Waals surface area contributed by atoms with Gasteiger partial charge in [-0.15, -0.1) is 0 Å². The van der Waals surface area contributed by atoms with Crippen LogP contribution in [0.4, 0.5) is 5.69 Å². The van der Waals surface area contributed by atoms with Gasteiger partial charge in [-0.2, -0.15) is 0 Å². The number of hydrogen-bond acceptors (Lipinski definition) is 2. The van der Waals surface area contributed by atoms with Crippen LogP contribution in [0.1, 0.15) is 25.3 Å². The average molecular weight is 290 g/mol. The zero-order chi connectivity index (χ0) is 15.2. The van der Waals surface area contributed by atoms with Gasteiger partial charge in [0.15, 0.2) is 6.54 Å². The molecule has 4 N–H and O–H groups in total. The number of nitrogens with one attached hydrogen (secondary N) is 2. The Morgan fingerprint density at radius 2 is 2.05 bits per heavy atom. The maximum Gasteiger partial charge on any atom is 0.279 e. The van der Waals surface area contributed by atoms with Crippen molar-refractivity contribution in [2.24, 2.45) is 11.7 Å². The molecule has 1 heterocycles. The van der Waals surface area contributed by atoms with Crippen LogP contribution >= 0.6 is 0 Å². The van der Waals surface area contributed by atoms with E-state index in [0.717, 1.165) is 36.4 Å². The number of anilines is 1. The van der Waals surface area contributed by atoms with Gasteiger partial charge in [0.1, 0.15) is 0 Å². The molecule has 114 valence electrons. The molecule has 2 atom stereocenters. The number of hydrogen-bond donors (Lipinski definition) is 3. The number of amides is 2. The standard InChI is InChI=1S/C16H23N3O2/c1-2-12-5-7-14(8-6-12)18-15(20)11-19-9-3-4-13(10-19)16(17)21/h5-8,13H,2-4,9-11H2,1H3,(H2,17,21)(H,18,20)/p+1/t13-/m1/s1. The lowest BCUT2D eigenvalue weighted by Gasteiger charge is -2.27. The SMILES string of the molecule is CCc1ccc(NC(=O)C[NH+]2CCC[C@@H](C(N)=O)C2)cc1. The number of carbonyl (C=O) groups excluding carboxylic acids is 2. The summed E-state index contributed by atoms with van der Waals surface area (Å²) in [6.45, 7) is 4.07. The number of benzene rings is 1. The fraction of sp³-hybridized carbons (Fsp3) is 0.500. The highest BCUT2D eigenvalue weighted by molar-refractivity contribution is 5.91. The number of primary amides is 1. The van der Waals surface area contributed by atoms with E-state index in [1.807, 2.05) is 24.3 Å². The molecule has 0 aromatic heterocycles. The normalized spacial score (nSPS) is 21.8. The highest BCUT2D eigenvalue weighted by atomic mass is 16.2. The van der Waals surface area contributed by atoms with Crippen LogP contribution in [-0.2, 0) is 16.0 Å². The molecule has 1 aromatic carbocycles. The highest BCUT2D eigenvalue weighted by Crippen LogP contribution is 2.10. The lowest BCUT2D eigenvalue weighted by molar-refractivity contribution is -0.899. The van der Waals surface area contributed by atoms with Gasteiger partial charge in [-0.3, -0.25) is 9.59 Å². The Balaban J connectivity index is 1.84. The smallest absolute Gasteiger partial charge is 0.279 e. The number of piperidine rings is 1. The largest absolute Gasteiger partial charge is 0.369 e. The van der Waals surface area contributed by atoms with E-state index < -0.39 is 0 Å². The molecule has 0 radical (unpaired) electrons. The molecule has 0 spiro atoms. The molecule has 21 heavy (non-hydrogen) atoms. The van der Waals surface area contributed by atoms with Crippen LogP contribution in [0.3, 0.4) is 0 Å². The van der Waals surface area contributed by atoms with E-state index in [4.69, 9.17) is 5.73 Å². The van der Waals surface area contributed by atoms with Gasteiger partial charge in [0.25, 0.3) is 5.91 Å². The summed E-state index contributed by atoms with van der Waals surface area (Å²) in [5.41, 5.74) is 7.43. The van der Waals surface area contributed by atoms with Crippen LogP contribution in [-0.4, -0.2) is 31.4 Å². The Morgan fingerprint density at radius 3 is 2.67 bits per heavy atom. The second-order valence-electron chi connectivity index (χ2n) is 5.72. The molecule has 0 bridgehead atoms. The molecule has 1 saturated heterocycles. The molecular formula is C16H24N3O2+. The van der Waals surface area contributed by atoms with E-state index in [2.05, 4.69) is 12.2 Å². The molecule has 5 heteroatoms. The van der Waals surface area contributed by atoms with E-state index in [9.17, 15) is 9.59 Å². The Morgan fingerprint density at radius 1 is 1.33 bits per heavy atom. The maximum absolute atomic E-state index is 12.1. The van der Waals surface area contributed by atoms with E-state index >= 15 is 0 Å². The fourth-order valence-corrected chi connectivity index (χ4v) is 2.81. The Bertz CT molecular complexity index is 499. The molecule has 1 aliphatic heterocycles. The summed E-state index contributed by atoms with van der Waals surface area (Å²) in [5.74, 6) is -0.354. The summed E-state index contributed by atoms with van der Waals surface area (Å²) in [5, 5.41) is 2.91. The number of carbonyl (C=O) groups is 2. The van der Waals surface area contributed by atoms with Crippen molar-refractivity contribution < 1.29 is 14.5 Å². The zero-order valence-electron chi connectivity index (χ0n) is 12.5. The molecule has 1 fully saturated rings. The van der Waals surface area contributed by atoms with Crippen molar-refractivity contribution in [1.29, 1.82) is 0 Å². The van der Waals surface area contributed by atoms with Gasteiger partial charge in [0.2, 0.25) is 5.91 Å².